The van der Waals surface area contributed by atoms with Crippen LogP contribution >= 0.6 is 0 Å². The van der Waals surface area contributed by atoms with Gasteiger partial charge in [-0.25, -0.2) is 4.79 Å². The third-order valence-corrected chi connectivity index (χ3v) is 7.16. The minimum absolute atomic E-state index is 0.0576. The van der Waals surface area contributed by atoms with Crippen molar-refractivity contribution in [2.45, 2.75) is 88.4 Å². The number of hydrogen-bond acceptors (Lipinski definition) is 7. The Balaban J connectivity index is 1.34. The maximum atomic E-state index is 12.4. The van der Waals surface area contributed by atoms with Gasteiger partial charge in [0.1, 0.15) is 6.10 Å². The summed E-state index contributed by atoms with van der Waals surface area (Å²) >= 11 is 0. The molecule has 31 heavy (non-hydrogen) atoms. The largest absolute Gasteiger partial charge is 0.462 e. The second-order valence-electron chi connectivity index (χ2n) is 9.46. The van der Waals surface area contributed by atoms with E-state index in [1.165, 1.54) is 0 Å². The summed E-state index contributed by atoms with van der Waals surface area (Å²) in [6, 6.07) is 7.35. The highest BCUT2D eigenvalue weighted by molar-refractivity contribution is 5.89. The summed E-state index contributed by atoms with van der Waals surface area (Å²) in [5.74, 6) is -1.72. The molecule has 2 spiro atoms. The molecule has 0 saturated carbocycles. The quantitative estimate of drug-likeness (QED) is 0.630. The fourth-order valence-electron chi connectivity index (χ4n) is 5.41. The number of esters is 1. The van der Waals surface area contributed by atoms with Gasteiger partial charge in [-0.2, -0.15) is 0 Å². The number of aliphatic hydroxyl groups is 1. The zero-order valence-corrected chi connectivity index (χ0v) is 18.1. The minimum atomic E-state index is -1.03. The first kappa shape index (κ1) is 21.3. The van der Waals surface area contributed by atoms with Crippen LogP contribution in [0, 0.1) is 5.92 Å². The van der Waals surface area contributed by atoms with E-state index in [0.717, 1.165) is 18.4 Å². The zero-order valence-electron chi connectivity index (χ0n) is 18.1. The lowest BCUT2D eigenvalue weighted by molar-refractivity contribution is -0.364. The highest BCUT2D eigenvalue weighted by atomic mass is 16.8. The minimum Gasteiger partial charge on any atom is -0.462 e. The molecule has 6 atom stereocenters. The van der Waals surface area contributed by atoms with Gasteiger partial charge in [0.25, 0.3) is 0 Å². The number of ether oxygens (including phenoxy) is 5. The van der Waals surface area contributed by atoms with Crippen molar-refractivity contribution in [2.24, 2.45) is 5.92 Å². The molecule has 0 aromatic heterocycles. The van der Waals surface area contributed by atoms with Crippen molar-refractivity contribution in [3.05, 3.63) is 35.4 Å². The van der Waals surface area contributed by atoms with Gasteiger partial charge in [-0.3, -0.25) is 0 Å². The molecule has 1 aromatic rings. The Hall–Kier alpha value is -1.51. The van der Waals surface area contributed by atoms with E-state index >= 15 is 0 Å². The molecule has 5 heterocycles. The van der Waals surface area contributed by atoms with Crippen molar-refractivity contribution < 1.29 is 33.6 Å². The normalized spacial score (nSPS) is 41.3. The summed E-state index contributed by atoms with van der Waals surface area (Å²) in [6.45, 7) is 3.53. The second-order valence-corrected chi connectivity index (χ2v) is 9.46. The number of rotatable bonds is 0. The predicted molar refractivity (Wildman–Crippen MR) is 110 cm³/mol. The van der Waals surface area contributed by atoms with Crippen molar-refractivity contribution in [1.29, 1.82) is 0 Å². The standard InChI is InChI=1S/C24H32O7/c1-16-14-23-10-11-24(31-23)21(25)7-6-19(29-24)8-13-28-22(26)18-4-2-17(3-5-18)15-27-12-9-20(16)30-23/h2-5,16,19-21,25H,6-15H2,1H3/t16-,19+,20-,21-,23+,24-/m1/s1. The molecule has 0 radical (unpaired) electrons. The number of carbonyl (C=O) groups excluding carboxylic acids is 1. The molecule has 1 aromatic carbocycles. The molecule has 5 aliphatic rings. The third-order valence-electron chi connectivity index (χ3n) is 7.16. The second kappa shape index (κ2) is 8.45. The maximum Gasteiger partial charge on any atom is 0.338 e. The Bertz CT molecular complexity index is 796. The van der Waals surface area contributed by atoms with Crippen LogP contribution < -0.4 is 0 Å². The fourth-order valence-corrected chi connectivity index (χ4v) is 5.41. The Morgan fingerprint density at radius 3 is 2.68 bits per heavy atom. The Morgan fingerprint density at radius 1 is 1.00 bits per heavy atom. The number of aliphatic hydroxyl groups excluding tert-OH is 1. The van der Waals surface area contributed by atoms with Gasteiger partial charge < -0.3 is 28.8 Å². The Kier molecular flexibility index (Phi) is 5.81. The number of carbonyl (C=O) groups is 1. The SMILES string of the molecule is C[C@@H]1C[C@@]23CC[C@@]4(O[C@H](CCOC(=O)c5ccc(cc5)COCC[C@H]1O2)CC[C@H]4O)O3. The lowest BCUT2D eigenvalue weighted by Crippen LogP contribution is -2.53. The highest BCUT2D eigenvalue weighted by Gasteiger charge is 2.60. The molecule has 0 unspecified atom stereocenters. The molecule has 1 N–H and O–H groups in total. The summed E-state index contributed by atoms with van der Waals surface area (Å²) in [4.78, 5) is 12.4. The first-order valence-electron chi connectivity index (χ1n) is 11.5. The highest BCUT2D eigenvalue weighted by Crippen LogP contribution is 2.52. The van der Waals surface area contributed by atoms with Crippen molar-refractivity contribution in [2.75, 3.05) is 13.2 Å². The van der Waals surface area contributed by atoms with Crippen LogP contribution in [0.5, 0.6) is 0 Å². The van der Waals surface area contributed by atoms with Crippen LogP contribution in [0.4, 0.5) is 0 Å². The summed E-state index contributed by atoms with van der Waals surface area (Å²) in [5, 5.41) is 10.8. The van der Waals surface area contributed by atoms with E-state index in [2.05, 4.69) is 6.92 Å². The average molecular weight is 433 g/mol. The van der Waals surface area contributed by atoms with Crippen molar-refractivity contribution in [1.82, 2.24) is 0 Å². The van der Waals surface area contributed by atoms with Gasteiger partial charge in [0.2, 0.25) is 0 Å². The molecular formula is C24H32O7. The predicted octanol–water partition coefficient (Wildman–Crippen LogP) is 3.32. The maximum absolute atomic E-state index is 12.4. The number of hydrogen-bond donors (Lipinski definition) is 1. The van der Waals surface area contributed by atoms with Crippen LogP contribution in [-0.2, 0) is 30.3 Å². The molecule has 6 bridgehead atoms. The number of fused-ring (bicyclic) bond motifs is 8. The lowest BCUT2D eigenvalue weighted by Gasteiger charge is -2.42. The van der Waals surface area contributed by atoms with E-state index in [-0.39, 0.29) is 24.8 Å². The van der Waals surface area contributed by atoms with Crippen molar-refractivity contribution >= 4 is 5.97 Å². The van der Waals surface area contributed by atoms with Crippen LogP contribution in [0.25, 0.3) is 0 Å². The van der Waals surface area contributed by atoms with Crippen molar-refractivity contribution in [3.63, 3.8) is 0 Å². The van der Waals surface area contributed by atoms with Gasteiger partial charge in [0.05, 0.1) is 31.0 Å². The summed E-state index contributed by atoms with van der Waals surface area (Å²) in [5.41, 5.74) is 1.54. The van der Waals surface area contributed by atoms with Crippen LogP contribution in [0.2, 0.25) is 0 Å². The molecule has 5 aliphatic heterocycles. The average Bonchev–Trinajstić information content (AvgIpc) is 3.26. The van der Waals surface area contributed by atoms with E-state index < -0.39 is 17.7 Å². The first-order valence-corrected chi connectivity index (χ1v) is 11.5. The third kappa shape index (κ3) is 4.26. The van der Waals surface area contributed by atoms with Crippen LogP contribution in [-0.4, -0.2) is 54.2 Å². The van der Waals surface area contributed by atoms with Gasteiger partial charge in [-0.05, 0) is 42.9 Å². The molecule has 0 amide bonds. The van der Waals surface area contributed by atoms with Crippen LogP contribution in [0.15, 0.2) is 24.3 Å². The topological polar surface area (TPSA) is 83.5 Å². The monoisotopic (exact) mass is 432 g/mol. The zero-order chi connectivity index (χ0) is 21.5. The smallest absolute Gasteiger partial charge is 0.338 e. The van der Waals surface area contributed by atoms with Gasteiger partial charge in [-0.15, -0.1) is 0 Å². The van der Waals surface area contributed by atoms with E-state index in [9.17, 15) is 9.90 Å². The van der Waals surface area contributed by atoms with Crippen molar-refractivity contribution in [3.8, 4) is 0 Å². The van der Waals surface area contributed by atoms with Crippen LogP contribution in [0.3, 0.4) is 0 Å². The first-order chi connectivity index (χ1) is 15.0. The molecular weight excluding hydrogens is 400 g/mol. The van der Waals surface area contributed by atoms with E-state index in [1.807, 2.05) is 12.1 Å². The molecule has 0 aliphatic carbocycles. The lowest BCUT2D eigenvalue weighted by atomic mass is 9.93. The molecule has 7 nitrogen and oxygen atoms in total. The molecule has 170 valence electrons. The number of benzene rings is 1. The van der Waals surface area contributed by atoms with Gasteiger partial charge in [0.15, 0.2) is 11.6 Å². The van der Waals surface area contributed by atoms with Gasteiger partial charge >= 0.3 is 5.97 Å². The van der Waals surface area contributed by atoms with Gasteiger partial charge in [0, 0.05) is 32.3 Å². The van der Waals surface area contributed by atoms with E-state index in [0.29, 0.717) is 56.8 Å². The molecule has 3 fully saturated rings. The fraction of sp³-hybridized carbons (Fsp3) is 0.708. The summed E-state index contributed by atoms with van der Waals surface area (Å²) in [7, 11) is 0. The van der Waals surface area contributed by atoms with E-state index in [1.54, 1.807) is 12.1 Å². The summed E-state index contributed by atoms with van der Waals surface area (Å²) in [6.07, 6.45) is 4.02. The van der Waals surface area contributed by atoms with Gasteiger partial charge in [-0.1, -0.05) is 19.1 Å². The molecule has 7 heteroatoms. The summed E-state index contributed by atoms with van der Waals surface area (Å²) < 4.78 is 30.5. The molecule has 3 saturated heterocycles. The Labute approximate surface area is 183 Å². The Morgan fingerprint density at radius 2 is 1.84 bits per heavy atom. The molecule has 6 rings (SSSR count). The van der Waals surface area contributed by atoms with E-state index in [4.69, 9.17) is 23.7 Å². The van der Waals surface area contributed by atoms with Crippen LogP contribution in [0.1, 0.15) is 67.8 Å².